The van der Waals surface area contributed by atoms with Gasteiger partial charge in [0.1, 0.15) is 11.3 Å². The van der Waals surface area contributed by atoms with Gasteiger partial charge in [-0.05, 0) is 49.6 Å². The van der Waals surface area contributed by atoms with Gasteiger partial charge < -0.3 is 19.8 Å². The van der Waals surface area contributed by atoms with Crippen molar-refractivity contribution in [2.45, 2.75) is 32.7 Å². The number of phenolic OH excluding ortho intramolecular Hbond substituents is 1. The molecule has 0 aliphatic carbocycles. The molecule has 4 rings (SSSR count). The number of H-pyrrole nitrogens is 1. The Hall–Kier alpha value is -3.54. The van der Waals surface area contributed by atoms with Crippen LogP contribution in [0.2, 0.25) is 0 Å². The first-order chi connectivity index (χ1) is 13.9. The number of para-hydroxylation sites is 1. The van der Waals surface area contributed by atoms with E-state index < -0.39 is 5.63 Å². The van der Waals surface area contributed by atoms with Crippen LogP contribution in [0.25, 0.3) is 21.9 Å². The number of aromatic nitrogens is 1. The van der Waals surface area contributed by atoms with Gasteiger partial charge >= 0.3 is 5.63 Å². The van der Waals surface area contributed by atoms with Crippen molar-refractivity contribution < 1.29 is 14.3 Å². The first-order valence-corrected chi connectivity index (χ1v) is 9.52. The molecular weight excluding hydrogens is 368 g/mol. The number of aromatic amines is 1. The molecule has 6 heteroatoms. The highest BCUT2D eigenvalue weighted by Crippen LogP contribution is 2.23. The van der Waals surface area contributed by atoms with Crippen LogP contribution in [0.4, 0.5) is 0 Å². The molecule has 0 aliphatic heterocycles. The lowest BCUT2D eigenvalue weighted by Gasteiger charge is -2.14. The third-order valence-electron chi connectivity index (χ3n) is 5.22. The van der Waals surface area contributed by atoms with Gasteiger partial charge in [0, 0.05) is 34.6 Å². The number of fused-ring (bicyclic) bond motifs is 2. The van der Waals surface area contributed by atoms with Crippen LogP contribution in [0, 0.1) is 6.92 Å². The van der Waals surface area contributed by atoms with E-state index in [9.17, 15) is 14.7 Å². The van der Waals surface area contributed by atoms with E-state index in [0.717, 1.165) is 16.5 Å². The lowest BCUT2D eigenvalue weighted by Crippen LogP contribution is -2.36. The van der Waals surface area contributed by atoms with Crippen LogP contribution < -0.4 is 10.9 Å². The van der Waals surface area contributed by atoms with E-state index in [1.54, 1.807) is 13.0 Å². The molecule has 0 fully saturated rings. The van der Waals surface area contributed by atoms with Crippen molar-refractivity contribution in [2.24, 2.45) is 0 Å². The van der Waals surface area contributed by atoms with Crippen LogP contribution >= 0.6 is 0 Å². The molecular formula is C23H22N2O4. The van der Waals surface area contributed by atoms with Crippen LogP contribution in [-0.4, -0.2) is 22.0 Å². The average molecular weight is 390 g/mol. The standard InChI is InChI=1S/C23H22N2O4/c1-13(9-15-12-24-20-6-4-3-5-18(15)20)25-22(27)11-19-14(2)17-8-7-16(26)10-21(17)29-23(19)28/h3-8,10,12-13,24,26H,9,11H2,1-2H3,(H,25,27). The number of carbonyl (C=O) groups is 1. The summed E-state index contributed by atoms with van der Waals surface area (Å²) in [5.74, 6) is -0.206. The fourth-order valence-electron chi connectivity index (χ4n) is 3.75. The Labute approximate surface area is 167 Å². The zero-order valence-electron chi connectivity index (χ0n) is 16.3. The Morgan fingerprint density at radius 3 is 2.83 bits per heavy atom. The number of hydrogen-bond acceptors (Lipinski definition) is 4. The number of carbonyl (C=O) groups excluding carboxylic acids is 1. The van der Waals surface area contributed by atoms with Crippen molar-refractivity contribution in [1.29, 1.82) is 0 Å². The molecule has 1 unspecified atom stereocenters. The smallest absolute Gasteiger partial charge is 0.340 e. The summed E-state index contributed by atoms with van der Waals surface area (Å²) in [4.78, 5) is 28.2. The van der Waals surface area contributed by atoms with E-state index in [1.807, 2.05) is 31.3 Å². The molecule has 6 nitrogen and oxygen atoms in total. The van der Waals surface area contributed by atoms with Crippen LogP contribution in [-0.2, 0) is 17.6 Å². The SMILES string of the molecule is Cc1c(CC(=O)NC(C)Cc2c[nH]c3ccccc23)c(=O)oc2cc(O)ccc12. The molecule has 1 amide bonds. The van der Waals surface area contributed by atoms with E-state index >= 15 is 0 Å². The quantitative estimate of drug-likeness (QED) is 0.454. The second-order valence-electron chi connectivity index (χ2n) is 7.38. The molecule has 0 aliphatic rings. The molecule has 3 N–H and O–H groups in total. The summed E-state index contributed by atoms with van der Waals surface area (Å²) in [5, 5.41) is 14.4. The molecule has 0 bridgehead atoms. The zero-order valence-corrected chi connectivity index (χ0v) is 16.3. The van der Waals surface area contributed by atoms with E-state index in [0.29, 0.717) is 28.5 Å². The summed E-state index contributed by atoms with van der Waals surface area (Å²) in [5.41, 5.74) is 2.98. The van der Waals surface area contributed by atoms with Gasteiger partial charge in [0.2, 0.25) is 5.91 Å². The maximum Gasteiger partial charge on any atom is 0.340 e. The molecule has 0 saturated carbocycles. The van der Waals surface area contributed by atoms with Crippen molar-refractivity contribution in [2.75, 3.05) is 0 Å². The summed E-state index contributed by atoms with van der Waals surface area (Å²) in [6, 6.07) is 12.6. The molecule has 29 heavy (non-hydrogen) atoms. The van der Waals surface area contributed by atoms with Crippen LogP contribution in [0.15, 0.2) is 57.9 Å². The number of phenols is 1. The third kappa shape index (κ3) is 3.74. The van der Waals surface area contributed by atoms with Crippen LogP contribution in [0.1, 0.15) is 23.6 Å². The Morgan fingerprint density at radius 2 is 2.00 bits per heavy atom. The fourth-order valence-corrected chi connectivity index (χ4v) is 3.75. The van der Waals surface area contributed by atoms with Gasteiger partial charge in [-0.2, -0.15) is 0 Å². The van der Waals surface area contributed by atoms with E-state index in [-0.39, 0.29) is 24.1 Å². The average Bonchev–Trinajstić information content (AvgIpc) is 3.07. The van der Waals surface area contributed by atoms with Gasteiger partial charge in [0.25, 0.3) is 0 Å². The molecule has 2 aromatic carbocycles. The summed E-state index contributed by atoms with van der Waals surface area (Å²) in [6.45, 7) is 3.73. The molecule has 4 aromatic rings. The number of amides is 1. The maximum atomic E-state index is 12.6. The van der Waals surface area contributed by atoms with Gasteiger partial charge in [-0.25, -0.2) is 4.79 Å². The van der Waals surface area contributed by atoms with Crippen molar-refractivity contribution in [3.05, 3.63) is 75.8 Å². The van der Waals surface area contributed by atoms with E-state index in [1.165, 1.54) is 12.1 Å². The predicted molar refractivity (Wildman–Crippen MR) is 112 cm³/mol. The minimum atomic E-state index is -0.556. The topological polar surface area (TPSA) is 95.3 Å². The highest BCUT2D eigenvalue weighted by atomic mass is 16.4. The van der Waals surface area contributed by atoms with Crippen molar-refractivity contribution in [1.82, 2.24) is 10.3 Å². The first-order valence-electron chi connectivity index (χ1n) is 9.52. The second-order valence-corrected chi connectivity index (χ2v) is 7.38. The monoisotopic (exact) mass is 390 g/mol. The van der Waals surface area contributed by atoms with Crippen molar-refractivity contribution in [3.63, 3.8) is 0 Å². The second kappa shape index (κ2) is 7.47. The number of rotatable bonds is 5. The lowest BCUT2D eigenvalue weighted by atomic mass is 10.0. The first kappa shape index (κ1) is 18.8. The highest BCUT2D eigenvalue weighted by Gasteiger charge is 2.17. The third-order valence-corrected chi connectivity index (χ3v) is 5.22. The van der Waals surface area contributed by atoms with Crippen LogP contribution in [0.3, 0.4) is 0 Å². The Bertz CT molecular complexity index is 1270. The van der Waals surface area contributed by atoms with Gasteiger partial charge in [0.05, 0.1) is 12.0 Å². The summed E-state index contributed by atoms with van der Waals surface area (Å²) < 4.78 is 5.29. The van der Waals surface area contributed by atoms with Gasteiger partial charge in [0.15, 0.2) is 0 Å². The molecule has 2 aromatic heterocycles. The van der Waals surface area contributed by atoms with Gasteiger partial charge in [-0.15, -0.1) is 0 Å². The summed E-state index contributed by atoms with van der Waals surface area (Å²) >= 11 is 0. The highest BCUT2D eigenvalue weighted by molar-refractivity contribution is 5.86. The molecule has 2 heterocycles. The number of aryl methyl sites for hydroxylation is 1. The maximum absolute atomic E-state index is 12.6. The largest absolute Gasteiger partial charge is 0.508 e. The Balaban J connectivity index is 1.49. The summed E-state index contributed by atoms with van der Waals surface area (Å²) in [6.07, 6.45) is 2.59. The van der Waals surface area contributed by atoms with Gasteiger partial charge in [-0.1, -0.05) is 18.2 Å². The van der Waals surface area contributed by atoms with Crippen molar-refractivity contribution >= 4 is 27.8 Å². The Kier molecular flexibility index (Phi) is 4.84. The van der Waals surface area contributed by atoms with Crippen molar-refractivity contribution in [3.8, 4) is 5.75 Å². The molecule has 0 radical (unpaired) electrons. The molecule has 0 spiro atoms. The van der Waals surface area contributed by atoms with Crippen LogP contribution in [0.5, 0.6) is 5.75 Å². The predicted octanol–water partition coefficient (Wildman–Crippen LogP) is 3.58. The normalized spacial score (nSPS) is 12.3. The lowest BCUT2D eigenvalue weighted by molar-refractivity contribution is -0.121. The Morgan fingerprint density at radius 1 is 1.21 bits per heavy atom. The fraction of sp³-hybridized carbons (Fsp3) is 0.217. The minimum absolute atomic E-state index is 0.0247. The summed E-state index contributed by atoms with van der Waals surface area (Å²) in [7, 11) is 0. The number of aromatic hydroxyl groups is 1. The molecule has 1 atom stereocenters. The number of benzene rings is 2. The minimum Gasteiger partial charge on any atom is -0.508 e. The van der Waals surface area contributed by atoms with E-state index in [4.69, 9.17) is 4.42 Å². The van der Waals surface area contributed by atoms with E-state index in [2.05, 4.69) is 16.4 Å². The zero-order chi connectivity index (χ0) is 20.5. The molecule has 0 saturated heterocycles. The number of hydrogen-bond donors (Lipinski definition) is 3. The van der Waals surface area contributed by atoms with Gasteiger partial charge in [-0.3, -0.25) is 4.79 Å². The molecule has 148 valence electrons. The number of nitrogens with one attached hydrogen (secondary N) is 2.